The maximum Gasteiger partial charge on any atom is 0.237 e. The Morgan fingerprint density at radius 1 is 1.19 bits per heavy atom. The number of nitrogens with one attached hydrogen (secondary N) is 2. The van der Waals surface area contributed by atoms with Crippen LogP contribution in [0.5, 0.6) is 11.5 Å². The minimum atomic E-state index is -0.548. The lowest BCUT2D eigenvalue weighted by Crippen LogP contribution is -2.25. The van der Waals surface area contributed by atoms with Gasteiger partial charge in [0.25, 0.3) is 0 Å². The summed E-state index contributed by atoms with van der Waals surface area (Å²) in [5.74, 6) is -0.182. The number of benzene rings is 2. The smallest absolute Gasteiger partial charge is 0.237 e. The average Bonchev–Trinajstić information content (AvgIpc) is 2.68. The van der Waals surface area contributed by atoms with Gasteiger partial charge in [-0.25, -0.2) is 0 Å². The SMILES string of the molecule is COc1ccccc1NC(=O)CSC(C)C(=O)Nc1cc(C=O)ccc1O. The summed E-state index contributed by atoms with van der Waals surface area (Å²) < 4.78 is 5.17. The van der Waals surface area contributed by atoms with Crippen molar-refractivity contribution in [1.82, 2.24) is 0 Å². The molecule has 2 aromatic rings. The standard InChI is InChI=1S/C19H20N2O5S/c1-12(19(25)21-15-9-13(10-22)7-8-16(15)23)27-11-18(24)20-14-5-3-4-6-17(14)26-2/h3-10,12,23H,11H2,1-2H3,(H,20,24)(H,21,25). The molecule has 7 nitrogen and oxygen atoms in total. The molecule has 8 heteroatoms. The van der Waals surface area contributed by atoms with Crippen LogP contribution < -0.4 is 15.4 Å². The number of aldehydes is 1. The molecule has 0 bridgehead atoms. The van der Waals surface area contributed by atoms with E-state index in [1.807, 2.05) is 0 Å². The molecule has 0 saturated carbocycles. The summed E-state index contributed by atoms with van der Waals surface area (Å²) in [7, 11) is 1.52. The van der Waals surface area contributed by atoms with Crippen LogP contribution in [0, 0.1) is 0 Å². The highest BCUT2D eigenvalue weighted by molar-refractivity contribution is 8.01. The summed E-state index contributed by atoms with van der Waals surface area (Å²) in [6.07, 6.45) is 0.621. The number of hydrogen-bond donors (Lipinski definition) is 3. The summed E-state index contributed by atoms with van der Waals surface area (Å²) in [5.41, 5.74) is 1.04. The summed E-state index contributed by atoms with van der Waals surface area (Å²) in [6.45, 7) is 1.65. The summed E-state index contributed by atoms with van der Waals surface area (Å²) in [4.78, 5) is 35.2. The molecule has 0 aromatic heterocycles. The van der Waals surface area contributed by atoms with Crippen LogP contribution in [0.25, 0.3) is 0 Å². The number of anilines is 2. The van der Waals surface area contributed by atoms with Crippen LogP contribution in [-0.2, 0) is 9.59 Å². The second-order valence-electron chi connectivity index (χ2n) is 5.59. The van der Waals surface area contributed by atoms with Crippen molar-refractivity contribution in [2.75, 3.05) is 23.5 Å². The van der Waals surface area contributed by atoms with Gasteiger partial charge in [0.1, 0.15) is 17.8 Å². The Morgan fingerprint density at radius 3 is 2.63 bits per heavy atom. The van der Waals surface area contributed by atoms with Gasteiger partial charge < -0.3 is 20.5 Å². The summed E-state index contributed by atoms with van der Waals surface area (Å²) >= 11 is 1.14. The Kier molecular flexibility index (Phi) is 7.25. The lowest BCUT2D eigenvalue weighted by atomic mass is 10.2. The molecule has 142 valence electrons. The predicted octanol–water partition coefficient (Wildman–Crippen LogP) is 2.91. The number of ether oxygens (including phenoxy) is 1. The summed E-state index contributed by atoms with van der Waals surface area (Å²) in [6, 6.07) is 11.2. The molecule has 2 amide bonds. The highest BCUT2D eigenvalue weighted by Gasteiger charge is 2.17. The number of hydrogen-bond acceptors (Lipinski definition) is 6. The van der Waals surface area contributed by atoms with Gasteiger partial charge in [0, 0.05) is 5.56 Å². The monoisotopic (exact) mass is 388 g/mol. The molecule has 0 aliphatic rings. The van der Waals surface area contributed by atoms with Gasteiger partial charge >= 0.3 is 0 Å². The largest absolute Gasteiger partial charge is 0.506 e. The zero-order valence-electron chi connectivity index (χ0n) is 14.9. The molecule has 0 heterocycles. The number of phenolic OH excluding ortho intramolecular Hbond substituents is 1. The molecule has 1 atom stereocenters. The highest BCUT2D eigenvalue weighted by atomic mass is 32.2. The summed E-state index contributed by atoms with van der Waals surface area (Å²) in [5, 5.41) is 14.5. The Bertz CT molecular complexity index is 841. The molecule has 0 radical (unpaired) electrons. The van der Waals surface area contributed by atoms with E-state index in [-0.39, 0.29) is 29.0 Å². The van der Waals surface area contributed by atoms with Crippen LogP contribution in [-0.4, -0.2) is 41.3 Å². The van der Waals surface area contributed by atoms with E-state index in [4.69, 9.17) is 4.74 Å². The first kappa shape index (κ1) is 20.3. The molecule has 0 fully saturated rings. The van der Waals surface area contributed by atoms with Crippen molar-refractivity contribution < 1.29 is 24.2 Å². The number of para-hydroxylation sites is 2. The average molecular weight is 388 g/mol. The maximum absolute atomic E-state index is 12.3. The second kappa shape index (κ2) is 9.63. The molecule has 0 spiro atoms. The fourth-order valence-electron chi connectivity index (χ4n) is 2.17. The first-order valence-electron chi connectivity index (χ1n) is 8.08. The van der Waals surface area contributed by atoms with Crippen molar-refractivity contribution in [3.8, 4) is 11.5 Å². The Labute approximate surface area is 161 Å². The molecular weight excluding hydrogens is 368 g/mol. The van der Waals surface area contributed by atoms with Crippen molar-refractivity contribution in [1.29, 1.82) is 0 Å². The van der Waals surface area contributed by atoms with Crippen molar-refractivity contribution in [2.45, 2.75) is 12.2 Å². The van der Waals surface area contributed by atoms with Crippen LogP contribution in [0.1, 0.15) is 17.3 Å². The van der Waals surface area contributed by atoms with Gasteiger partial charge in [-0.3, -0.25) is 14.4 Å². The number of amides is 2. The maximum atomic E-state index is 12.3. The molecule has 0 aliphatic heterocycles. The highest BCUT2D eigenvalue weighted by Crippen LogP contribution is 2.26. The van der Waals surface area contributed by atoms with E-state index in [0.29, 0.717) is 23.3 Å². The van der Waals surface area contributed by atoms with Crippen LogP contribution in [0.2, 0.25) is 0 Å². The molecule has 1 unspecified atom stereocenters. The first-order chi connectivity index (χ1) is 12.9. The van der Waals surface area contributed by atoms with Gasteiger partial charge in [-0.1, -0.05) is 12.1 Å². The lowest BCUT2D eigenvalue weighted by molar-refractivity contribution is -0.115. The zero-order valence-corrected chi connectivity index (χ0v) is 15.7. The van der Waals surface area contributed by atoms with E-state index >= 15 is 0 Å². The minimum absolute atomic E-state index is 0.0625. The third-order valence-electron chi connectivity index (χ3n) is 3.63. The van der Waals surface area contributed by atoms with Gasteiger partial charge in [-0.2, -0.15) is 0 Å². The Balaban J connectivity index is 1.89. The molecular formula is C19H20N2O5S. The number of carbonyl (C=O) groups is 3. The number of methoxy groups -OCH3 is 1. The fourth-order valence-corrected chi connectivity index (χ4v) is 2.86. The quantitative estimate of drug-likeness (QED) is 0.474. The van der Waals surface area contributed by atoms with E-state index in [1.54, 1.807) is 31.2 Å². The predicted molar refractivity (Wildman–Crippen MR) is 106 cm³/mol. The molecule has 3 N–H and O–H groups in total. The van der Waals surface area contributed by atoms with E-state index in [1.165, 1.54) is 25.3 Å². The zero-order chi connectivity index (χ0) is 19.8. The van der Waals surface area contributed by atoms with Crippen LogP contribution in [0.3, 0.4) is 0 Å². The van der Waals surface area contributed by atoms with Crippen molar-refractivity contribution in [3.63, 3.8) is 0 Å². The number of rotatable bonds is 8. The lowest BCUT2D eigenvalue weighted by Gasteiger charge is -2.14. The topological polar surface area (TPSA) is 105 Å². The van der Waals surface area contributed by atoms with E-state index in [9.17, 15) is 19.5 Å². The van der Waals surface area contributed by atoms with Crippen molar-refractivity contribution >= 4 is 41.2 Å². The normalized spacial score (nSPS) is 11.3. The van der Waals surface area contributed by atoms with Gasteiger partial charge in [0.05, 0.1) is 29.5 Å². The minimum Gasteiger partial charge on any atom is -0.506 e. The molecule has 0 aliphatic carbocycles. The van der Waals surface area contributed by atoms with Crippen LogP contribution in [0.4, 0.5) is 11.4 Å². The van der Waals surface area contributed by atoms with E-state index in [2.05, 4.69) is 10.6 Å². The van der Waals surface area contributed by atoms with Gasteiger partial charge in [-0.05, 0) is 37.3 Å². The van der Waals surface area contributed by atoms with Gasteiger partial charge in [-0.15, -0.1) is 11.8 Å². The van der Waals surface area contributed by atoms with Crippen LogP contribution >= 0.6 is 11.8 Å². The molecule has 27 heavy (non-hydrogen) atoms. The molecule has 0 saturated heterocycles. The van der Waals surface area contributed by atoms with Crippen molar-refractivity contribution in [3.05, 3.63) is 48.0 Å². The third kappa shape index (κ3) is 5.75. The van der Waals surface area contributed by atoms with Gasteiger partial charge in [0.2, 0.25) is 11.8 Å². The molecule has 2 aromatic carbocycles. The van der Waals surface area contributed by atoms with E-state index in [0.717, 1.165) is 11.8 Å². The number of carbonyl (C=O) groups excluding carboxylic acids is 3. The number of phenols is 1. The van der Waals surface area contributed by atoms with E-state index < -0.39 is 5.25 Å². The van der Waals surface area contributed by atoms with Crippen LogP contribution in [0.15, 0.2) is 42.5 Å². The Morgan fingerprint density at radius 2 is 1.93 bits per heavy atom. The van der Waals surface area contributed by atoms with Gasteiger partial charge in [0.15, 0.2) is 0 Å². The fraction of sp³-hybridized carbons (Fsp3) is 0.211. The van der Waals surface area contributed by atoms with Crippen molar-refractivity contribution in [2.24, 2.45) is 0 Å². The number of aromatic hydroxyl groups is 1. The Hall–Kier alpha value is -3.00. The molecule has 2 rings (SSSR count). The second-order valence-corrected chi connectivity index (χ2v) is 6.91. The third-order valence-corrected chi connectivity index (χ3v) is 4.77. The first-order valence-corrected chi connectivity index (χ1v) is 9.13. The number of thioether (sulfide) groups is 1.